The Morgan fingerprint density at radius 2 is 1.64 bits per heavy atom. The van der Waals surface area contributed by atoms with Gasteiger partial charge in [-0.3, -0.25) is 9.59 Å². The number of carbonyl (C=O) groups is 3. The zero-order chi connectivity index (χ0) is 27.9. The fourth-order valence-corrected chi connectivity index (χ4v) is 4.07. The lowest BCUT2D eigenvalue weighted by Gasteiger charge is -2.18. The van der Waals surface area contributed by atoms with E-state index in [0.717, 1.165) is 16.6 Å². The number of nitrogens with zero attached hydrogens (tertiary/aromatic N) is 1. The number of pyridine rings is 1. The molecular formula is C29H27N3O7. The zero-order valence-corrected chi connectivity index (χ0v) is 21.6. The average molecular weight is 530 g/mol. The molecule has 0 aliphatic heterocycles. The van der Waals surface area contributed by atoms with Crippen LogP contribution in [0.25, 0.3) is 10.9 Å². The van der Waals surface area contributed by atoms with Crippen LogP contribution in [0.5, 0.6) is 17.2 Å². The summed E-state index contributed by atoms with van der Waals surface area (Å²) < 4.78 is 17.2. The Hall–Kier alpha value is -5.12. The third kappa shape index (κ3) is 6.07. The van der Waals surface area contributed by atoms with E-state index in [1.54, 1.807) is 18.2 Å². The number of ether oxygens (including phenoxy) is 3. The summed E-state index contributed by atoms with van der Waals surface area (Å²) in [5.74, 6) is -1.06. The van der Waals surface area contributed by atoms with Crippen LogP contribution in [0.4, 0.5) is 5.69 Å². The topological polar surface area (TPSA) is 136 Å². The van der Waals surface area contributed by atoms with E-state index in [4.69, 9.17) is 14.2 Å². The molecule has 200 valence electrons. The second-order valence-electron chi connectivity index (χ2n) is 8.48. The van der Waals surface area contributed by atoms with Crippen molar-refractivity contribution in [1.29, 1.82) is 0 Å². The summed E-state index contributed by atoms with van der Waals surface area (Å²) in [7, 11) is 2.98. The molecule has 0 aliphatic rings. The van der Waals surface area contributed by atoms with Gasteiger partial charge in [-0.15, -0.1) is 0 Å². The van der Waals surface area contributed by atoms with Gasteiger partial charge in [0, 0.05) is 11.1 Å². The van der Waals surface area contributed by atoms with E-state index in [9.17, 15) is 19.5 Å². The Morgan fingerprint density at radius 3 is 2.36 bits per heavy atom. The van der Waals surface area contributed by atoms with Crippen molar-refractivity contribution in [3.63, 3.8) is 0 Å². The second kappa shape index (κ2) is 12.0. The van der Waals surface area contributed by atoms with Crippen LogP contribution in [0.1, 0.15) is 32.0 Å². The number of nitrogens with one attached hydrogen (secondary N) is 2. The van der Waals surface area contributed by atoms with E-state index in [2.05, 4.69) is 15.6 Å². The first-order valence-electron chi connectivity index (χ1n) is 12.0. The lowest BCUT2D eigenvalue weighted by molar-refractivity contribution is -0.115. The summed E-state index contributed by atoms with van der Waals surface area (Å²) in [6.45, 7) is 1.57. The molecule has 0 unspecified atom stereocenters. The third-order valence-electron chi connectivity index (χ3n) is 5.92. The van der Waals surface area contributed by atoms with Crippen molar-refractivity contribution in [3.05, 3.63) is 89.1 Å². The van der Waals surface area contributed by atoms with Crippen molar-refractivity contribution in [1.82, 2.24) is 10.3 Å². The standard InChI is InChI=1S/C29H27N3O7/c1-17-11-12-18-7-6-10-24(26(18)31-17)39-16-21-23(37-2)14-13-22(27(21)38-3)32-25(33)15-30-28(34)19-8-4-5-9-20(19)29(35)36/h4-14H,15-16H2,1-3H3,(H,30,34)(H,32,33)(H,35,36). The minimum absolute atomic E-state index is 0.0441. The zero-order valence-electron chi connectivity index (χ0n) is 21.6. The summed E-state index contributed by atoms with van der Waals surface area (Å²) in [4.78, 5) is 41.2. The fourth-order valence-electron chi connectivity index (χ4n) is 4.07. The molecule has 0 spiro atoms. The van der Waals surface area contributed by atoms with Crippen LogP contribution in [0.3, 0.4) is 0 Å². The smallest absolute Gasteiger partial charge is 0.336 e. The summed E-state index contributed by atoms with van der Waals surface area (Å²) in [6, 6.07) is 18.6. The molecule has 2 amide bonds. The molecule has 3 aromatic carbocycles. The van der Waals surface area contributed by atoms with Crippen LogP contribution >= 0.6 is 0 Å². The number of aromatic nitrogens is 1. The molecule has 0 fully saturated rings. The Bertz CT molecular complexity index is 1550. The highest BCUT2D eigenvalue weighted by atomic mass is 16.5. The summed E-state index contributed by atoms with van der Waals surface area (Å²) >= 11 is 0. The Labute approximate surface area is 224 Å². The van der Waals surface area contributed by atoms with Gasteiger partial charge in [0.25, 0.3) is 5.91 Å². The third-order valence-corrected chi connectivity index (χ3v) is 5.92. The van der Waals surface area contributed by atoms with Gasteiger partial charge in [-0.2, -0.15) is 0 Å². The quantitative estimate of drug-likeness (QED) is 0.278. The number of para-hydroxylation sites is 1. The maximum absolute atomic E-state index is 12.7. The second-order valence-corrected chi connectivity index (χ2v) is 8.48. The molecule has 3 N–H and O–H groups in total. The number of fused-ring (bicyclic) bond motifs is 1. The number of rotatable bonds is 10. The van der Waals surface area contributed by atoms with E-state index in [-0.39, 0.29) is 17.7 Å². The first-order chi connectivity index (χ1) is 18.8. The number of carboxylic acids is 1. The predicted molar refractivity (Wildman–Crippen MR) is 145 cm³/mol. The van der Waals surface area contributed by atoms with E-state index in [1.807, 2.05) is 37.3 Å². The van der Waals surface area contributed by atoms with Gasteiger partial charge in [-0.1, -0.05) is 30.3 Å². The van der Waals surface area contributed by atoms with Crippen molar-refractivity contribution >= 4 is 34.4 Å². The van der Waals surface area contributed by atoms with Gasteiger partial charge in [-0.05, 0) is 43.3 Å². The maximum Gasteiger partial charge on any atom is 0.336 e. The summed E-state index contributed by atoms with van der Waals surface area (Å²) in [6.07, 6.45) is 0. The normalized spacial score (nSPS) is 10.5. The molecular weight excluding hydrogens is 502 g/mol. The van der Waals surface area contributed by atoms with E-state index in [1.165, 1.54) is 32.4 Å². The number of amides is 2. The molecule has 0 radical (unpaired) electrons. The van der Waals surface area contributed by atoms with Crippen molar-refractivity contribution in [2.24, 2.45) is 0 Å². The maximum atomic E-state index is 12.7. The van der Waals surface area contributed by atoms with E-state index in [0.29, 0.717) is 28.5 Å². The van der Waals surface area contributed by atoms with Gasteiger partial charge in [0.2, 0.25) is 5.91 Å². The molecule has 10 heteroatoms. The van der Waals surface area contributed by atoms with Crippen molar-refractivity contribution in [3.8, 4) is 17.2 Å². The SMILES string of the molecule is COc1ccc(NC(=O)CNC(=O)c2ccccc2C(=O)O)c(OC)c1COc1cccc2ccc(C)nc12. The number of aromatic carboxylic acids is 1. The summed E-state index contributed by atoms with van der Waals surface area (Å²) in [5.41, 5.74) is 2.28. The van der Waals surface area contributed by atoms with Crippen LogP contribution in [-0.4, -0.2) is 48.6 Å². The Balaban J connectivity index is 1.51. The average Bonchev–Trinajstić information content (AvgIpc) is 2.94. The van der Waals surface area contributed by atoms with Gasteiger partial charge >= 0.3 is 5.97 Å². The number of carboxylic acid groups (broad SMARTS) is 1. The van der Waals surface area contributed by atoms with Crippen LogP contribution in [-0.2, 0) is 11.4 Å². The highest BCUT2D eigenvalue weighted by molar-refractivity contribution is 6.06. The largest absolute Gasteiger partial charge is 0.496 e. The van der Waals surface area contributed by atoms with Crippen LogP contribution in [0, 0.1) is 6.92 Å². The highest BCUT2D eigenvalue weighted by Gasteiger charge is 2.20. The van der Waals surface area contributed by atoms with E-state index < -0.39 is 24.3 Å². The number of benzene rings is 3. The number of methoxy groups -OCH3 is 2. The molecule has 39 heavy (non-hydrogen) atoms. The molecule has 1 heterocycles. The van der Waals surface area contributed by atoms with Gasteiger partial charge in [0.05, 0.1) is 43.1 Å². The number of aryl methyl sites for hydroxylation is 1. The molecule has 0 bridgehead atoms. The van der Waals surface area contributed by atoms with Crippen molar-refractivity contribution < 1.29 is 33.7 Å². The van der Waals surface area contributed by atoms with Gasteiger partial charge in [-0.25, -0.2) is 9.78 Å². The Kier molecular flexibility index (Phi) is 8.25. The molecule has 10 nitrogen and oxygen atoms in total. The lowest BCUT2D eigenvalue weighted by atomic mass is 10.1. The monoisotopic (exact) mass is 529 g/mol. The first-order valence-corrected chi connectivity index (χ1v) is 12.0. The molecule has 4 aromatic rings. The lowest BCUT2D eigenvalue weighted by Crippen LogP contribution is -2.33. The molecule has 0 saturated heterocycles. The number of hydrogen-bond donors (Lipinski definition) is 3. The van der Waals surface area contributed by atoms with Crippen molar-refractivity contribution in [2.45, 2.75) is 13.5 Å². The number of hydrogen-bond acceptors (Lipinski definition) is 7. The highest BCUT2D eigenvalue weighted by Crippen LogP contribution is 2.37. The van der Waals surface area contributed by atoms with Gasteiger partial charge in [0.1, 0.15) is 23.6 Å². The van der Waals surface area contributed by atoms with Gasteiger partial charge in [0.15, 0.2) is 5.75 Å². The molecule has 1 aromatic heterocycles. The van der Waals surface area contributed by atoms with Crippen LogP contribution in [0.2, 0.25) is 0 Å². The Morgan fingerprint density at radius 1 is 0.872 bits per heavy atom. The number of carbonyl (C=O) groups excluding carboxylic acids is 2. The predicted octanol–water partition coefficient (Wildman–Crippen LogP) is 4.21. The molecule has 0 atom stereocenters. The minimum atomic E-state index is -1.24. The molecule has 0 saturated carbocycles. The van der Waals surface area contributed by atoms with Crippen LogP contribution in [0.15, 0.2) is 66.7 Å². The minimum Gasteiger partial charge on any atom is -0.496 e. The first kappa shape index (κ1) is 26.9. The summed E-state index contributed by atoms with van der Waals surface area (Å²) in [5, 5.41) is 15.4. The van der Waals surface area contributed by atoms with Crippen LogP contribution < -0.4 is 24.8 Å². The van der Waals surface area contributed by atoms with E-state index >= 15 is 0 Å². The number of anilines is 1. The van der Waals surface area contributed by atoms with Gasteiger partial charge < -0.3 is 30.0 Å². The van der Waals surface area contributed by atoms with Crippen molar-refractivity contribution in [2.75, 3.05) is 26.1 Å². The molecule has 0 aliphatic carbocycles. The molecule has 4 rings (SSSR count). The fraction of sp³-hybridized carbons (Fsp3) is 0.172.